The lowest BCUT2D eigenvalue weighted by atomic mass is 9.96. The first kappa shape index (κ1) is 15.4. The monoisotopic (exact) mass is 231 g/mol. The van der Waals surface area contributed by atoms with Crippen LogP contribution < -0.4 is 5.32 Å². The highest BCUT2D eigenvalue weighted by atomic mass is 16.5. The van der Waals surface area contributed by atoms with Gasteiger partial charge in [0.05, 0.1) is 6.10 Å². The molecule has 0 aromatic heterocycles. The van der Waals surface area contributed by atoms with Crippen LogP contribution in [0.4, 0.5) is 0 Å². The maximum Gasteiger partial charge on any atom is 0.323 e. The predicted octanol–water partition coefficient (Wildman–Crippen LogP) is 2.03. The molecule has 0 rings (SSSR count). The van der Waals surface area contributed by atoms with Crippen LogP contribution >= 0.6 is 0 Å². The van der Waals surface area contributed by atoms with Crippen LogP contribution in [0.2, 0.25) is 0 Å². The van der Waals surface area contributed by atoms with Gasteiger partial charge in [-0.05, 0) is 46.6 Å². The van der Waals surface area contributed by atoms with Crippen molar-refractivity contribution in [3.63, 3.8) is 0 Å². The predicted molar refractivity (Wildman–Crippen MR) is 64.7 cm³/mol. The Bertz CT molecular complexity index is 206. The van der Waals surface area contributed by atoms with Crippen molar-refractivity contribution in [3.05, 3.63) is 0 Å². The summed E-state index contributed by atoms with van der Waals surface area (Å²) in [5, 5.41) is 12.2. The van der Waals surface area contributed by atoms with E-state index in [0.717, 1.165) is 19.4 Å². The zero-order valence-electron chi connectivity index (χ0n) is 10.9. The van der Waals surface area contributed by atoms with E-state index in [-0.39, 0.29) is 6.10 Å². The lowest BCUT2D eigenvalue weighted by Gasteiger charge is -2.26. The molecule has 0 saturated carbocycles. The van der Waals surface area contributed by atoms with E-state index >= 15 is 0 Å². The molecule has 0 aliphatic rings. The second-order valence-corrected chi connectivity index (χ2v) is 4.59. The molecule has 0 amide bonds. The largest absolute Gasteiger partial charge is 0.480 e. The summed E-state index contributed by atoms with van der Waals surface area (Å²) in [6.07, 6.45) is 2.50. The van der Waals surface area contributed by atoms with Crippen molar-refractivity contribution in [2.45, 2.75) is 58.6 Å². The SMILES string of the molecule is CCCNC(C)(CCCOC(C)C)C(=O)O. The van der Waals surface area contributed by atoms with Crippen molar-refractivity contribution in [3.8, 4) is 0 Å². The van der Waals surface area contributed by atoms with E-state index in [1.54, 1.807) is 6.92 Å². The summed E-state index contributed by atoms with van der Waals surface area (Å²) >= 11 is 0. The van der Waals surface area contributed by atoms with Gasteiger partial charge in [0.1, 0.15) is 5.54 Å². The summed E-state index contributed by atoms with van der Waals surface area (Å²) in [4.78, 5) is 11.2. The first-order valence-electron chi connectivity index (χ1n) is 6.02. The van der Waals surface area contributed by atoms with E-state index in [0.29, 0.717) is 13.0 Å². The molecular weight excluding hydrogens is 206 g/mol. The Morgan fingerprint density at radius 1 is 1.50 bits per heavy atom. The normalized spacial score (nSPS) is 15.1. The highest BCUT2D eigenvalue weighted by Crippen LogP contribution is 2.13. The van der Waals surface area contributed by atoms with E-state index in [1.165, 1.54) is 0 Å². The Morgan fingerprint density at radius 2 is 2.12 bits per heavy atom. The van der Waals surface area contributed by atoms with E-state index in [4.69, 9.17) is 9.84 Å². The molecule has 4 heteroatoms. The van der Waals surface area contributed by atoms with Gasteiger partial charge in [-0.2, -0.15) is 0 Å². The number of carbonyl (C=O) groups is 1. The van der Waals surface area contributed by atoms with Crippen molar-refractivity contribution < 1.29 is 14.6 Å². The number of rotatable bonds is 9. The van der Waals surface area contributed by atoms with E-state index < -0.39 is 11.5 Å². The summed E-state index contributed by atoms with van der Waals surface area (Å²) in [6, 6.07) is 0. The molecule has 0 saturated heterocycles. The lowest BCUT2D eigenvalue weighted by molar-refractivity contribution is -0.144. The van der Waals surface area contributed by atoms with Gasteiger partial charge in [0.15, 0.2) is 0 Å². The van der Waals surface area contributed by atoms with Crippen LogP contribution in [-0.4, -0.2) is 35.9 Å². The molecule has 0 aliphatic carbocycles. The molecule has 0 spiro atoms. The average molecular weight is 231 g/mol. The molecule has 1 unspecified atom stereocenters. The molecule has 0 radical (unpaired) electrons. The molecule has 96 valence electrons. The number of carboxylic acids is 1. The highest BCUT2D eigenvalue weighted by molar-refractivity contribution is 5.78. The van der Waals surface area contributed by atoms with Crippen molar-refractivity contribution in [2.75, 3.05) is 13.2 Å². The average Bonchev–Trinajstić information content (AvgIpc) is 2.21. The summed E-state index contributed by atoms with van der Waals surface area (Å²) in [5.74, 6) is -0.787. The third-order valence-corrected chi connectivity index (χ3v) is 2.51. The standard InChI is InChI=1S/C12H25NO3/c1-5-8-13-12(4,11(14)15)7-6-9-16-10(2)3/h10,13H,5-9H2,1-4H3,(H,14,15). The van der Waals surface area contributed by atoms with Gasteiger partial charge < -0.3 is 15.2 Å². The highest BCUT2D eigenvalue weighted by Gasteiger charge is 2.31. The van der Waals surface area contributed by atoms with Crippen LogP contribution in [0.3, 0.4) is 0 Å². The number of carboxylic acid groups (broad SMARTS) is 1. The van der Waals surface area contributed by atoms with Crippen molar-refractivity contribution in [1.29, 1.82) is 0 Å². The number of aliphatic carboxylic acids is 1. The quantitative estimate of drug-likeness (QED) is 0.596. The minimum atomic E-state index is -0.823. The van der Waals surface area contributed by atoms with Crippen LogP contribution in [0.15, 0.2) is 0 Å². The van der Waals surface area contributed by atoms with Crippen LogP contribution in [0.1, 0.15) is 47.0 Å². The van der Waals surface area contributed by atoms with Crippen molar-refractivity contribution >= 4 is 5.97 Å². The van der Waals surface area contributed by atoms with E-state index in [2.05, 4.69) is 5.32 Å². The Morgan fingerprint density at radius 3 is 2.56 bits per heavy atom. The molecule has 16 heavy (non-hydrogen) atoms. The summed E-state index contributed by atoms with van der Waals surface area (Å²) in [5.41, 5.74) is -0.823. The Hall–Kier alpha value is -0.610. The molecule has 0 aromatic rings. The fourth-order valence-electron chi connectivity index (χ4n) is 1.42. The van der Waals surface area contributed by atoms with Gasteiger partial charge in [-0.25, -0.2) is 0 Å². The molecule has 0 aromatic carbocycles. The van der Waals surface area contributed by atoms with Crippen LogP contribution in [-0.2, 0) is 9.53 Å². The van der Waals surface area contributed by atoms with Crippen molar-refractivity contribution in [2.24, 2.45) is 0 Å². The minimum absolute atomic E-state index is 0.208. The molecule has 1 atom stereocenters. The number of hydrogen-bond acceptors (Lipinski definition) is 3. The smallest absolute Gasteiger partial charge is 0.323 e. The first-order valence-corrected chi connectivity index (χ1v) is 6.02. The molecular formula is C12H25NO3. The molecule has 0 heterocycles. The summed E-state index contributed by atoms with van der Waals surface area (Å²) < 4.78 is 5.40. The van der Waals surface area contributed by atoms with Gasteiger partial charge in [-0.15, -0.1) is 0 Å². The fraction of sp³-hybridized carbons (Fsp3) is 0.917. The van der Waals surface area contributed by atoms with Crippen molar-refractivity contribution in [1.82, 2.24) is 5.32 Å². The molecule has 0 bridgehead atoms. The third-order valence-electron chi connectivity index (χ3n) is 2.51. The number of hydrogen-bond donors (Lipinski definition) is 2. The zero-order valence-corrected chi connectivity index (χ0v) is 10.9. The fourth-order valence-corrected chi connectivity index (χ4v) is 1.42. The van der Waals surface area contributed by atoms with E-state index in [9.17, 15) is 4.79 Å². The maximum atomic E-state index is 11.2. The summed E-state index contributed by atoms with van der Waals surface area (Å²) in [7, 11) is 0. The van der Waals surface area contributed by atoms with Gasteiger partial charge in [0.2, 0.25) is 0 Å². The number of nitrogens with one attached hydrogen (secondary N) is 1. The topological polar surface area (TPSA) is 58.6 Å². The van der Waals surface area contributed by atoms with Crippen LogP contribution in [0.25, 0.3) is 0 Å². The number of ether oxygens (including phenoxy) is 1. The van der Waals surface area contributed by atoms with Crippen LogP contribution in [0.5, 0.6) is 0 Å². The van der Waals surface area contributed by atoms with Gasteiger partial charge in [0.25, 0.3) is 0 Å². The Kier molecular flexibility index (Phi) is 7.34. The van der Waals surface area contributed by atoms with Gasteiger partial charge in [-0.1, -0.05) is 6.92 Å². The zero-order chi connectivity index (χ0) is 12.6. The van der Waals surface area contributed by atoms with Gasteiger partial charge >= 0.3 is 5.97 Å². The molecule has 0 fully saturated rings. The second-order valence-electron chi connectivity index (χ2n) is 4.59. The first-order chi connectivity index (χ1) is 7.42. The summed E-state index contributed by atoms with van der Waals surface area (Å²) in [6.45, 7) is 9.07. The van der Waals surface area contributed by atoms with Gasteiger partial charge in [-0.3, -0.25) is 4.79 Å². The van der Waals surface area contributed by atoms with E-state index in [1.807, 2.05) is 20.8 Å². The second kappa shape index (κ2) is 7.63. The third kappa shape index (κ3) is 6.08. The lowest BCUT2D eigenvalue weighted by Crippen LogP contribution is -2.49. The Balaban J connectivity index is 3.98. The molecule has 4 nitrogen and oxygen atoms in total. The molecule has 2 N–H and O–H groups in total. The van der Waals surface area contributed by atoms with Crippen LogP contribution in [0, 0.1) is 0 Å². The molecule has 0 aliphatic heterocycles. The minimum Gasteiger partial charge on any atom is -0.480 e. The maximum absolute atomic E-state index is 11.2. The van der Waals surface area contributed by atoms with Gasteiger partial charge in [0, 0.05) is 6.61 Å². The Labute approximate surface area is 98.4 Å².